The van der Waals surface area contributed by atoms with Gasteiger partial charge in [-0.1, -0.05) is 12.8 Å². The van der Waals surface area contributed by atoms with E-state index in [-0.39, 0.29) is 0 Å². The molecule has 0 radical (unpaired) electrons. The van der Waals surface area contributed by atoms with E-state index in [1.165, 1.54) is 51.6 Å². The second-order valence-corrected chi connectivity index (χ2v) is 4.60. The summed E-state index contributed by atoms with van der Waals surface area (Å²) in [4.78, 5) is 2.65. The molecule has 1 heterocycles. The highest BCUT2D eigenvalue weighted by Crippen LogP contribution is 2.27. The number of aliphatic hydroxyl groups excluding tert-OH is 1. The van der Waals surface area contributed by atoms with Crippen LogP contribution in [0.3, 0.4) is 0 Å². The zero-order valence-electron chi connectivity index (χ0n) is 8.41. The Morgan fingerprint density at radius 1 is 1.00 bits per heavy atom. The van der Waals surface area contributed by atoms with E-state index >= 15 is 0 Å². The molecule has 0 aromatic rings. The fraction of sp³-hybridized carbons (Fsp3) is 1.00. The first kappa shape index (κ1) is 9.47. The molecule has 2 rings (SSSR count). The number of likely N-dealkylation sites (tertiary alicyclic amines) is 1. The molecule has 1 aliphatic carbocycles. The van der Waals surface area contributed by atoms with E-state index < -0.39 is 0 Å². The minimum absolute atomic E-state index is 0.401. The summed E-state index contributed by atoms with van der Waals surface area (Å²) in [6.07, 6.45) is 8.14. The number of rotatable bonds is 2. The van der Waals surface area contributed by atoms with Gasteiger partial charge >= 0.3 is 0 Å². The molecule has 0 aromatic carbocycles. The zero-order chi connectivity index (χ0) is 9.10. The Morgan fingerprint density at radius 2 is 1.62 bits per heavy atom. The fourth-order valence-electron chi connectivity index (χ4n) is 2.77. The highest BCUT2D eigenvalue weighted by Gasteiger charge is 2.26. The first-order chi connectivity index (χ1) is 6.40. The highest BCUT2D eigenvalue weighted by atomic mass is 16.3. The third-order valence-electron chi connectivity index (χ3n) is 3.75. The molecule has 13 heavy (non-hydrogen) atoms. The van der Waals surface area contributed by atoms with Gasteiger partial charge in [-0.2, -0.15) is 0 Å². The summed E-state index contributed by atoms with van der Waals surface area (Å²) >= 11 is 0. The lowest BCUT2D eigenvalue weighted by Gasteiger charge is -2.35. The molecular weight excluding hydrogens is 162 g/mol. The average molecular weight is 183 g/mol. The lowest BCUT2D eigenvalue weighted by Crippen LogP contribution is -2.40. The Bertz CT molecular complexity index is 146. The van der Waals surface area contributed by atoms with Gasteiger partial charge in [0.25, 0.3) is 0 Å². The van der Waals surface area contributed by atoms with Crippen molar-refractivity contribution in [3.8, 4) is 0 Å². The maximum atomic E-state index is 9.02. The third kappa shape index (κ3) is 2.23. The quantitative estimate of drug-likeness (QED) is 0.703. The molecule has 1 aliphatic heterocycles. The number of piperidine rings is 1. The predicted molar refractivity (Wildman–Crippen MR) is 53.6 cm³/mol. The standard InChI is InChI=1S/C11H21NO/c13-9-10-5-7-12(8-6-10)11-3-1-2-4-11/h10-11,13H,1-9H2. The Labute approximate surface area is 80.9 Å². The topological polar surface area (TPSA) is 23.5 Å². The lowest BCUT2D eigenvalue weighted by atomic mass is 9.96. The third-order valence-corrected chi connectivity index (χ3v) is 3.75. The molecule has 1 saturated carbocycles. The Balaban J connectivity index is 1.77. The van der Waals surface area contributed by atoms with Gasteiger partial charge in [0, 0.05) is 12.6 Å². The second-order valence-electron chi connectivity index (χ2n) is 4.60. The van der Waals surface area contributed by atoms with Gasteiger partial charge in [-0.3, -0.25) is 0 Å². The van der Waals surface area contributed by atoms with Crippen molar-refractivity contribution in [2.24, 2.45) is 5.92 Å². The lowest BCUT2D eigenvalue weighted by molar-refractivity contribution is 0.102. The van der Waals surface area contributed by atoms with Crippen LogP contribution < -0.4 is 0 Å². The number of nitrogens with zero attached hydrogens (tertiary/aromatic N) is 1. The van der Waals surface area contributed by atoms with Gasteiger partial charge in [-0.15, -0.1) is 0 Å². The first-order valence-electron chi connectivity index (χ1n) is 5.75. The highest BCUT2D eigenvalue weighted by molar-refractivity contribution is 4.81. The van der Waals surface area contributed by atoms with E-state index in [4.69, 9.17) is 5.11 Å². The van der Waals surface area contributed by atoms with Crippen LogP contribution >= 0.6 is 0 Å². The fourth-order valence-corrected chi connectivity index (χ4v) is 2.77. The molecule has 0 spiro atoms. The van der Waals surface area contributed by atoms with Crippen LogP contribution in [0.2, 0.25) is 0 Å². The summed E-state index contributed by atoms with van der Waals surface area (Å²) < 4.78 is 0. The Hall–Kier alpha value is -0.0800. The molecule has 1 saturated heterocycles. The number of hydrogen-bond donors (Lipinski definition) is 1. The molecular formula is C11H21NO. The molecule has 76 valence electrons. The van der Waals surface area contributed by atoms with Gasteiger partial charge in [-0.05, 0) is 44.7 Å². The maximum absolute atomic E-state index is 9.02. The molecule has 2 heteroatoms. The normalized spacial score (nSPS) is 28.4. The van der Waals surface area contributed by atoms with Crippen molar-refractivity contribution in [3.63, 3.8) is 0 Å². The summed E-state index contributed by atoms with van der Waals surface area (Å²) in [6.45, 7) is 2.87. The van der Waals surface area contributed by atoms with E-state index in [0.29, 0.717) is 12.5 Å². The molecule has 2 nitrogen and oxygen atoms in total. The van der Waals surface area contributed by atoms with Gasteiger partial charge in [0.2, 0.25) is 0 Å². The minimum Gasteiger partial charge on any atom is -0.396 e. The van der Waals surface area contributed by atoms with E-state index in [1.54, 1.807) is 0 Å². The van der Waals surface area contributed by atoms with Crippen molar-refractivity contribution in [1.29, 1.82) is 0 Å². The van der Waals surface area contributed by atoms with Gasteiger partial charge < -0.3 is 10.0 Å². The van der Waals surface area contributed by atoms with Gasteiger partial charge in [0.15, 0.2) is 0 Å². The summed E-state index contributed by atoms with van der Waals surface area (Å²) in [5.41, 5.74) is 0. The van der Waals surface area contributed by atoms with Crippen molar-refractivity contribution in [1.82, 2.24) is 4.90 Å². The number of hydrogen-bond acceptors (Lipinski definition) is 2. The van der Waals surface area contributed by atoms with Gasteiger partial charge in [-0.25, -0.2) is 0 Å². The summed E-state index contributed by atoms with van der Waals surface area (Å²) in [5.74, 6) is 0.595. The van der Waals surface area contributed by atoms with Crippen molar-refractivity contribution in [2.75, 3.05) is 19.7 Å². The maximum Gasteiger partial charge on any atom is 0.0460 e. The Kier molecular flexibility index (Phi) is 3.23. The zero-order valence-corrected chi connectivity index (χ0v) is 8.41. The largest absolute Gasteiger partial charge is 0.396 e. The summed E-state index contributed by atoms with van der Waals surface area (Å²) in [6, 6.07) is 0.889. The van der Waals surface area contributed by atoms with E-state index in [9.17, 15) is 0 Å². The molecule has 2 fully saturated rings. The minimum atomic E-state index is 0.401. The van der Waals surface area contributed by atoms with E-state index in [1.807, 2.05) is 0 Å². The van der Waals surface area contributed by atoms with Crippen LogP contribution in [-0.2, 0) is 0 Å². The summed E-state index contributed by atoms with van der Waals surface area (Å²) in [5, 5.41) is 9.02. The predicted octanol–water partition coefficient (Wildman–Crippen LogP) is 1.63. The first-order valence-corrected chi connectivity index (χ1v) is 5.75. The van der Waals surface area contributed by atoms with Crippen LogP contribution in [0.5, 0.6) is 0 Å². The van der Waals surface area contributed by atoms with Crippen molar-refractivity contribution in [3.05, 3.63) is 0 Å². The molecule has 0 atom stereocenters. The van der Waals surface area contributed by atoms with Crippen LogP contribution in [0.1, 0.15) is 38.5 Å². The monoisotopic (exact) mass is 183 g/mol. The van der Waals surface area contributed by atoms with Crippen LogP contribution in [0.25, 0.3) is 0 Å². The van der Waals surface area contributed by atoms with Crippen LogP contribution in [0, 0.1) is 5.92 Å². The Morgan fingerprint density at radius 3 is 2.15 bits per heavy atom. The van der Waals surface area contributed by atoms with E-state index in [2.05, 4.69) is 4.90 Å². The van der Waals surface area contributed by atoms with Gasteiger partial charge in [0.1, 0.15) is 0 Å². The molecule has 0 aromatic heterocycles. The molecule has 1 N–H and O–H groups in total. The summed E-state index contributed by atoms with van der Waals surface area (Å²) in [7, 11) is 0. The SMILES string of the molecule is OCC1CCN(C2CCCC2)CC1. The molecule has 2 aliphatic rings. The van der Waals surface area contributed by atoms with Crippen molar-refractivity contribution in [2.45, 2.75) is 44.6 Å². The molecule has 0 bridgehead atoms. The van der Waals surface area contributed by atoms with Crippen LogP contribution in [0.15, 0.2) is 0 Å². The van der Waals surface area contributed by atoms with Crippen molar-refractivity contribution < 1.29 is 5.11 Å². The van der Waals surface area contributed by atoms with Crippen LogP contribution in [0.4, 0.5) is 0 Å². The molecule has 0 unspecified atom stereocenters. The average Bonchev–Trinajstić information content (AvgIpc) is 2.71. The smallest absolute Gasteiger partial charge is 0.0460 e. The van der Waals surface area contributed by atoms with E-state index in [0.717, 1.165) is 6.04 Å². The van der Waals surface area contributed by atoms with Gasteiger partial charge in [0.05, 0.1) is 0 Å². The van der Waals surface area contributed by atoms with Crippen LogP contribution in [-0.4, -0.2) is 35.7 Å². The second kappa shape index (κ2) is 4.43. The molecule has 0 amide bonds. The number of aliphatic hydroxyl groups is 1. The van der Waals surface area contributed by atoms with Crippen molar-refractivity contribution >= 4 is 0 Å².